The quantitative estimate of drug-likeness (QED) is 0.0853. The van der Waals surface area contributed by atoms with Crippen LogP contribution in [-0.4, -0.2) is 11.3 Å². The van der Waals surface area contributed by atoms with E-state index in [1.54, 1.807) is 0 Å². The van der Waals surface area contributed by atoms with E-state index in [4.69, 9.17) is 0 Å². The van der Waals surface area contributed by atoms with Gasteiger partial charge in [-0.1, -0.05) is 305 Å². The van der Waals surface area contributed by atoms with E-state index in [9.17, 15) is 0 Å². The van der Waals surface area contributed by atoms with E-state index >= 15 is 0 Å². The Morgan fingerprint density at radius 2 is 0.667 bits per heavy atom. The molecule has 0 N–H and O–H groups in total. The predicted octanol–water partition coefficient (Wildman–Crippen LogP) is 25.1. The minimum atomic E-state index is -0.313. The number of hydrogen-bond donors (Lipinski definition) is 0. The molecule has 0 spiro atoms. The van der Waals surface area contributed by atoms with Crippen LogP contribution in [0, 0.1) is 0 Å². The Bertz CT molecular complexity index is 6060. The molecule has 0 amide bonds. The second-order valence-electron chi connectivity index (χ2n) is 31.6. The average molecular weight is 1310 g/mol. The molecule has 2 aliphatic rings. The van der Waals surface area contributed by atoms with E-state index in [1.807, 2.05) is 0 Å². The molecule has 0 atom stereocenters. The molecule has 1 aromatic heterocycles. The maximum Gasteiger partial charge on any atom is 0.252 e. The molecule has 0 bridgehead atoms. The van der Waals surface area contributed by atoms with Crippen LogP contribution in [0.3, 0.4) is 0 Å². The lowest BCUT2D eigenvalue weighted by molar-refractivity contribution is 0.590. The summed E-state index contributed by atoms with van der Waals surface area (Å²) in [7, 11) is 0. The summed E-state index contributed by atoms with van der Waals surface area (Å²) in [4.78, 5) is 5.47. The van der Waals surface area contributed by atoms with Gasteiger partial charge in [-0.2, -0.15) is 0 Å². The van der Waals surface area contributed by atoms with Gasteiger partial charge in [0.15, 0.2) is 0 Å². The highest BCUT2D eigenvalue weighted by molar-refractivity contribution is 7.00. The second kappa shape index (κ2) is 22.9. The van der Waals surface area contributed by atoms with Gasteiger partial charge < -0.3 is 14.4 Å². The van der Waals surface area contributed by atoms with Crippen molar-refractivity contribution in [3.63, 3.8) is 0 Å². The lowest BCUT2D eigenvalue weighted by Gasteiger charge is -2.47. The molecule has 16 aromatic carbocycles. The first-order valence-corrected chi connectivity index (χ1v) is 36.3. The first kappa shape index (κ1) is 61.4. The molecule has 3 heterocycles. The van der Waals surface area contributed by atoms with Crippen LogP contribution in [-0.2, 0) is 16.2 Å². The number of rotatable bonds is 8. The average Bonchev–Trinajstić information content (AvgIpc) is 0.724. The number of hydrogen-bond acceptors (Lipinski definition) is 2. The Kier molecular flexibility index (Phi) is 13.8. The van der Waals surface area contributed by atoms with E-state index in [-0.39, 0.29) is 23.0 Å². The van der Waals surface area contributed by atoms with Gasteiger partial charge in [-0.15, -0.1) is 0 Å². The summed E-state index contributed by atoms with van der Waals surface area (Å²) in [6.45, 7) is 21.1. The van der Waals surface area contributed by atoms with Gasteiger partial charge in [-0.25, -0.2) is 0 Å². The molecule has 17 aromatic rings. The maximum atomic E-state index is 2.74. The first-order chi connectivity index (χ1) is 49.5. The molecule has 2 aliphatic heterocycles. The minimum Gasteiger partial charge on any atom is -0.310 e. The molecule has 3 nitrogen and oxygen atoms in total. The van der Waals surface area contributed by atoms with Gasteiger partial charge in [-0.3, -0.25) is 0 Å². The number of para-hydroxylation sites is 2. The van der Waals surface area contributed by atoms with Crippen LogP contribution in [0.25, 0.3) is 126 Å². The fourth-order valence-electron chi connectivity index (χ4n) is 17.3. The highest BCUT2D eigenvalue weighted by atomic mass is 15.2. The molecule has 0 fully saturated rings. The van der Waals surface area contributed by atoms with Crippen molar-refractivity contribution in [3.8, 4) is 61.3 Å². The summed E-state index contributed by atoms with van der Waals surface area (Å²) in [5.41, 5.74) is 29.0. The summed E-state index contributed by atoms with van der Waals surface area (Å²) < 4.78 is 2.51. The van der Waals surface area contributed by atoms with Gasteiger partial charge >= 0.3 is 0 Å². The van der Waals surface area contributed by atoms with Crippen LogP contribution in [0.4, 0.5) is 34.1 Å². The Labute approximate surface area is 598 Å². The highest BCUT2D eigenvalue weighted by Gasteiger charge is 2.47. The monoisotopic (exact) mass is 1310 g/mol. The van der Waals surface area contributed by atoms with Crippen molar-refractivity contribution in [3.05, 3.63) is 326 Å². The molecule has 4 heteroatoms. The lowest BCUT2D eigenvalue weighted by atomic mass is 9.33. The van der Waals surface area contributed by atoms with Gasteiger partial charge in [-0.05, 0) is 193 Å². The third-order valence-electron chi connectivity index (χ3n) is 22.3. The third kappa shape index (κ3) is 9.56. The summed E-state index contributed by atoms with van der Waals surface area (Å²) in [5.74, 6) is 0. The molecular formula is C98H78BN3. The Morgan fingerprint density at radius 1 is 0.255 bits per heavy atom. The summed E-state index contributed by atoms with van der Waals surface area (Å²) >= 11 is 0. The predicted molar refractivity (Wildman–Crippen MR) is 439 cm³/mol. The zero-order chi connectivity index (χ0) is 69.1. The van der Waals surface area contributed by atoms with Crippen molar-refractivity contribution in [1.82, 2.24) is 4.57 Å². The van der Waals surface area contributed by atoms with Crippen LogP contribution in [0.5, 0.6) is 0 Å². The maximum absolute atomic E-state index is 2.74. The van der Waals surface area contributed by atoms with Gasteiger partial charge in [0.1, 0.15) is 0 Å². The molecule has 0 saturated heterocycles. The van der Waals surface area contributed by atoms with Crippen molar-refractivity contribution in [2.75, 3.05) is 9.80 Å². The van der Waals surface area contributed by atoms with Crippen LogP contribution >= 0.6 is 0 Å². The van der Waals surface area contributed by atoms with Crippen LogP contribution < -0.4 is 26.2 Å². The van der Waals surface area contributed by atoms with Crippen molar-refractivity contribution >= 4 is 122 Å². The lowest BCUT2D eigenvalue weighted by Crippen LogP contribution is -2.61. The van der Waals surface area contributed by atoms with Crippen molar-refractivity contribution in [2.24, 2.45) is 0 Å². The topological polar surface area (TPSA) is 11.4 Å². The minimum absolute atomic E-state index is 0.181. The van der Waals surface area contributed by atoms with Crippen molar-refractivity contribution < 1.29 is 0 Å². The standard InChI is InChI=1S/C98H78BN3/c1-96(2,3)68-54-78(61-29-14-10-15-30-61)94(79(55-68)62-31-16-11-17-32-62)101-86-52-48-67(72-50-47-66-39-27-43-76-75-42-26-37-65-38-28-44-77(90(65)75)92(72)91(66)76)53-83(86)99-82-51-49-71(100-84-45-24-22-40-73(84)74-41-23-25-46-85(74)100)60-87(82)102(89-59-70(98(7,8)9)58-88(101)93(89)99)95-80(63-33-18-12-19-34-63)56-69(97(4,5)6)57-81(95)64-35-20-13-21-36-64/h10-60H,1-9H3. The Hall–Kier alpha value is -11.7. The molecule has 102 heavy (non-hydrogen) atoms. The normalized spacial score (nSPS) is 13.1. The van der Waals surface area contributed by atoms with Gasteiger partial charge in [0.2, 0.25) is 0 Å². The SMILES string of the molecule is CC(C)(C)c1cc(-c2ccccc2)c(N2c3ccc(-c4ccc5cccc6c7cccc8cccc(c4c56)c87)cc3B3c4ccc(-n5c6ccccc6c6ccccc65)cc4N(c4c(-c5ccccc5)cc(C(C)(C)C)cc4-c4ccccc4)c4cc(C(C)(C)C)cc2c43)c(-c2ccccc2)c1. The largest absolute Gasteiger partial charge is 0.310 e. The Morgan fingerprint density at radius 3 is 1.15 bits per heavy atom. The summed E-state index contributed by atoms with van der Waals surface area (Å²) in [6, 6.07) is 119. The number of nitrogens with zero attached hydrogens (tertiary/aromatic N) is 3. The molecule has 488 valence electrons. The van der Waals surface area contributed by atoms with Gasteiger partial charge in [0.25, 0.3) is 6.71 Å². The van der Waals surface area contributed by atoms with E-state index in [0.717, 1.165) is 45.3 Å². The second-order valence-corrected chi connectivity index (χ2v) is 31.6. The third-order valence-corrected chi connectivity index (χ3v) is 22.3. The van der Waals surface area contributed by atoms with Crippen LogP contribution in [0.2, 0.25) is 0 Å². The molecule has 0 aliphatic carbocycles. The molecule has 0 radical (unpaired) electrons. The number of anilines is 6. The number of fused-ring (bicyclic) bond motifs is 9. The zero-order valence-electron chi connectivity index (χ0n) is 59.4. The molecular weight excluding hydrogens is 1230 g/mol. The van der Waals surface area contributed by atoms with E-state index in [2.05, 4.69) is 386 Å². The number of benzene rings is 16. The van der Waals surface area contributed by atoms with E-state index in [1.165, 1.54) is 148 Å². The summed E-state index contributed by atoms with van der Waals surface area (Å²) in [6.07, 6.45) is 0. The first-order valence-electron chi connectivity index (χ1n) is 36.3. The van der Waals surface area contributed by atoms with Crippen molar-refractivity contribution in [1.29, 1.82) is 0 Å². The van der Waals surface area contributed by atoms with Crippen LogP contribution in [0.15, 0.2) is 309 Å². The smallest absolute Gasteiger partial charge is 0.252 e. The van der Waals surface area contributed by atoms with E-state index in [0.29, 0.717) is 0 Å². The zero-order valence-corrected chi connectivity index (χ0v) is 59.4. The fourth-order valence-corrected chi connectivity index (χ4v) is 17.3. The van der Waals surface area contributed by atoms with E-state index < -0.39 is 0 Å². The molecule has 19 rings (SSSR count). The fraction of sp³-hybridized carbons (Fsp3) is 0.122. The molecule has 0 saturated carbocycles. The molecule has 0 unspecified atom stereocenters. The van der Waals surface area contributed by atoms with Crippen molar-refractivity contribution in [2.45, 2.75) is 78.6 Å². The Balaban J connectivity index is 1.01. The van der Waals surface area contributed by atoms with Gasteiger partial charge in [0.05, 0.1) is 22.4 Å². The van der Waals surface area contributed by atoms with Crippen LogP contribution in [0.1, 0.15) is 79.0 Å². The summed E-state index contributed by atoms with van der Waals surface area (Å²) in [5, 5.41) is 12.7. The highest BCUT2D eigenvalue weighted by Crippen LogP contribution is 2.56. The van der Waals surface area contributed by atoms with Gasteiger partial charge in [0, 0.05) is 61.5 Å². The number of aromatic nitrogens is 1.